The molecule has 32 heavy (non-hydrogen) atoms. The van der Waals surface area contributed by atoms with E-state index in [1.165, 1.54) is 0 Å². The van der Waals surface area contributed by atoms with E-state index in [2.05, 4.69) is 20.9 Å². The second kappa shape index (κ2) is 13.5. The van der Waals surface area contributed by atoms with Gasteiger partial charge in [0.2, 0.25) is 0 Å². The number of nitrogens with one attached hydrogen (secondary N) is 3. The van der Waals surface area contributed by atoms with Crippen LogP contribution >= 0.6 is 24.0 Å². The Morgan fingerprint density at radius 1 is 1.00 bits per heavy atom. The number of halogens is 1. The summed E-state index contributed by atoms with van der Waals surface area (Å²) in [6, 6.07) is 7.57. The van der Waals surface area contributed by atoms with Crippen molar-refractivity contribution in [2.75, 3.05) is 26.7 Å². The summed E-state index contributed by atoms with van der Waals surface area (Å²) in [5.74, 6) is 0.657. The smallest absolute Gasteiger partial charge is 0.408 e. The molecular formula is C23H40IN5O3. The number of hydrogen-bond donors (Lipinski definition) is 3. The van der Waals surface area contributed by atoms with Crippen molar-refractivity contribution in [3.63, 3.8) is 0 Å². The number of alkyl carbamates (subject to hydrolysis) is 1. The molecule has 9 heteroatoms. The van der Waals surface area contributed by atoms with Gasteiger partial charge in [-0.25, -0.2) is 4.79 Å². The van der Waals surface area contributed by atoms with Crippen molar-refractivity contribution in [3.05, 3.63) is 35.4 Å². The monoisotopic (exact) mass is 561 g/mol. The highest BCUT2D eigenvalue weighted by Crippen LogP contribution is 2.10. The minimum absolute atomic E-state index is 0. The fourth-order valence-corrected chi connectivity index (χ4v) is 2.79. The van der Waals surface area contributed by atoms with Gasteiger partial charge >= 0.3 is 6.09 Å². The maximum absolute atomic E-state index is 12.4. The van der Waals surface area contributed by atoms with Crippen molar-refractivity contribution < 1.29 is 14.3 Å². The number of carbonyl (C=O) groups is 2. The Balaban J connectivity index is 0.00000961. The van der Waals surface area contributed by atoms with Crippen molar-refractivity contribution in [3.8, 4) is 0 Å². The molecule has 0 unspecified atom stereocenters. The van der Waals surface area contributed by atoms with Crippen LogP contribution in [-0.2, 0) is 11.3 Å². The number of guanidine groups is 1. The minimum Gasteiger partial charge on any atom is -0.444 e. The van der Waals surface area contributed by atoms with E-state index in [1.807, 2.05) is 72.7 Å². The molecule has 182 valence electrons. The number of nitrogens with zero attached hydrogens (tertiary/aromatic N) is 2. The molecule has 0 aliphatic heterocycles. The van der Waals surface area contributed by atoms with E-state index in [4.69, 9.17) is 4.74 Å². The van der Waals surface area contributed by atoms with Crippen LogP contribution in [-0.4, -0.2) is 60.7 Å². The highest BCUT2D eigenvalue weighted by Gasteiger charge is 2.24. The van der Waals surface area contributed by atoms with Crippen molar-refractivity contribution in [2.24, 2.45) is 4.99 Å². The van der Waals surface area contributed by atoms with E-state index >= 15 is 0 Å². The number of ether oxygens (including phenoxy) is 1. The van der Waals surface area contributed by atoms with E-state index in [1.54, 1.807) is 11.9 Å². The summed E-state index contributed by atoms with van der Waals surface area (Å²) < 4.78 is 5.32. The molecule has 0 aliphatic carbocycles. The first-order valence-corrected chi connectivity index (χ1v) is 10.7. The third kappa shape index (κ3) is 11.0. The third-order valence-electron chi connectivity index (χ3n) is 4.47. The fraction of sp³-hybridized carbons (Fsp3) is 0.609. The first-order valence-electron chi connectivity index (χ1n) is 10.7. The van der Waals surface area contributed by atoms with Crippen LogP contribution in [0.5, 0.6) is 0 Å². The van der Waals surface area contributed by atoms with Gasteiger partial charge in [0.1, 0.15) is 5.60 Å². The van der Waals surface area contributed by atoms with E-state index in [-0.39, 0.29) is 29.9 Å². The molecule has 0 heterocycles. The lowest BCUT2D eigenvalue weighted by atomic mass is 10.1. The van der Waals surface area contributed by atoms with E-state index in [9.17, 15) is 9.59 Å². The number of benzene rings is 1. The topological polar surface area (TPSA) is 95.1 Å². The maximum Gasteiger partial charge on any atom is 0.408 e. The molecule has 1 aromatic rings. The molecule has 0 saturated carbocycles. The summed E-state index contributed by atoms with van der Waals surface area (Å²) in [6.45, 7) is 15.7. The van der Waals surface area contributed by atoms with Gasteiger partial charge in [0.15, 0.2) is 5.96 Å². The molecule has 8 nitrogen and oxygen atoms in total. The van der Waals surface area contributed by atoms with Gasteiger partial charge < -0.3 is 25.6 Å². The lowest BCUT2D eigenvalue weighted by molar-refractivity contribution is 0.0473. The Hall–Kier alpha value is -2.04. The molecule has 0 atom stereocenters. The van der Waals surface area contributed by atoms with Crippen LogP contribution in [0, 0.1) is 0 Å². The van der Waals surface area contributed by atoms with Crippen LogP contribution in [0.1, 0.15) is 64.4 Å². The van der Waals surface area contributed by atoms with Crippen LogP contribution in [0.4, 0.5) is 4.79 Å². The normalized spacial score (nSPS) is 11.8. The highest BCUT2D eigenvalue weighted by atomic mass is 127. The molecular weight excluding hydrogens is 521 g/mol. The van der Waals surface area contributed by atoms with Gasteiger partial charge in [0.25, 0.3) is 5.91 Å². The lowest BCUT2D eigenvalue weighted by Gasteiger charge is -2.29. The van der Waals surface area contributed by atoms with Crippen molar-refractivity contribution in [1.29, 1.82) is 0 Å². The summed E-state index contributed by atoms with van der Waals surface area (Å²) >= 11 is 0. The van der Waals surface area contributed by atoms with Crippen LogP contribution in [0.2, 0.25) is 0 Å². The Bertz CT molecular complexity index is 754. The zero-order chi connectivity index (χ0) is 23.7. The Morgan fingerprint density at radius 3 is 2.03 bits per heavy atom. The SMILES string of the molecule is CCN(CC)C(=O)c1ccc(CNC(=NC)NCC(C)(C)NC(=O)OC(C)(C)C)cc1.I. The number of carbonyl (C=O) groups excluding carboxylic acids is 2. The molecule has 1 aromatic carbocycles. The summed E-state index contributed by atoms with van der Waals surface area (Å²) in [6.07, 6.45) is -0.457. The zero-order valence-electron chi connectivity index (χ0n) is 20.7. The third-order valence-corrected chi connectivity index (χ3v) is 4.47. The largest absolute Gasteiger partial charge is 0.444 e. The Labute approximate surface area is 210 Å². The van der Waals surface area contributed by atoms with Crippen LogP contribution in [0.25, 0.3) is 0 Å². The van der Waals surface area contributed by atoms with E-state index in [0.717, 1.165) is 5.56 Å². The minimum atomic E-state index is -0.545. The second-order valence-electron chi connectivity index (χ2n) is 8.96. The predicted octanol–water partition coefficient (Wildman–Crippen LogP) is 3.75. The van der Waals surface area contributed by atoms with Gasteiger partial charge in [0.05, 0.1) is 5.54 Å². The summed E-state index contributed by atoms with van der Waals surface area (Å²) in [7, 11) is 1.69. The number of amides is 2. The zero-order valence-corrected chi connectivity index (χ0v) is 23.0. The molecule has 0 aromatic heterocycles. The molecule has 0 bridgehead atoms. The average molecular weight is 562 g/mol. The van der Waals surface area contributed by atoms with Crippen molar-refractivity contribution >= 4 is 41.9 Å². The summed E-state index contributed by atoms with van der Waals surface area (Å²) in [4.78, 5) is 30.4. The first kappa shape index (κ1) is 30.0. The highest BCUT2D eigenvalue weighted by molar-refractivity contribution is 14.0. The van der Waals surface area contributed by atoms with E-state index in [0.29, 0.717) is 37.7 Å². The molecule has 1 rings (SSSR count). The predicted molar refractivity (Wildman–Crippen MR) is 141 cm³/mol. The van der Waals surface area contributed by atoms with E-state index < -0.39 is 17.2 Å². The number of hydrogen-bond acceptors (Lipinski definition) is 4. The number of rotatable bonds is 8. The Morgan fingerprint density at radius 2 is 1.56 bits per heavy atom. The molecule has 0 saturated heterocycles. The van der Waals surface area contributed by atoms with Gasteiger partial charge in [-0.05, 0) is 66.2 Å². The Kier molecular flexibility index (Phi) is 12.6. The van der Waals surface area contributed by atoms with Crippen LogP contribution in [0.3, 0.4) is 0 Å². The van der Waals surface area contributed by atoms with Gasteiger partial charge in [-0.3, -0.25) is 9.79 Å². The molecule has 0 fully saturated rings. The summed E-state index contributed by atoms with van der Waals surface area (Å²) in [5, 5.41) is 9.32. The molecule has 0 spiro atoms. The van der Waals surface area contributed by atoms with Gasteiger partial charge in [-0.2, -0.15) is 0 Å². The molecule has 0 radical (unpaired) electrons. The van der Waals surface area contributed by atoms with Gasteiger partial charge in [0, 0.05) is 38.8 Å². The average Bonchev–Trinajstić information content (AvgIpc) is 2.67. The molecule has 2 amide bonds. The van der Waals surface area contributed by atoms with Gasteiger partial charge in [-0.1, -0.05) is 12.1 Å². The standard InChI is InChI=1S/C23H39N5O3.HI/c1-9-28(10-2)19(29)18-13-11-17(12-14-18)15-25-20(24-8)26-16-23(6,7)27-21(30)31-22(3,4)5;/h11-14H,9-10,15-16H2,1-8H3,(H,27,30)(H2,24,25,26);1H. The number of aliphatic imine (C=N–C) groups is 1. The summed E-state index contributed by atoms with van der Waals surface area (Å²) in [5.41, 5.74) is 0.637. The quantitative estimate of drug-likeness (QED) is 0.255. The maximum atomic E-state index is 12.4. The van der Waals surface area contributed by atoms with Crippen molar-refractivity contribution in [1.82, 2.24) is 20.9 Å². The van der Waals surface area contributed by atoms with Crippen molar-refractivity contribution in [2.45, 2.75) is 66.2 Å². The first-order chi connectivity index (χ1) is 14.4. The molecule has 3 N–H and O–H groups in total. The van der Waals surface area contributed by atoms with Crippen LogP contribution < -0.4 is 16.0 Å². The molecule has 0 aliphatic rings. The lowest BCUT2D eigenvalue weighted by Crippen LogP contribution is -2.54. The van der Waals surface area contributed by atoms with Gasteiger partial charge in [-0.15, -0.1) is 24.0 Å². The second-order valence-corrected chi connectivity index (χ2v) is 8.96. The van der Waals surface area contributed by atoms with Crippen LogP contribution in [0.15, 0.2) is 29.3 Å². The fourth-order valence-electron chi connectivity index (χ4n) is 2.79.